The summed E-state index contributed by atoms with van der Waals surface area (Å²) in [6.45, 7) is 10.6. The van der Waals surface area contributed by atoms with Crippen LogP contribution in [0.1, 0.15) is 51.3 Å². The molecule has 0 bridgehead atoms. The van der Waals surface area contributed by atoms with Crippen molar-refractivity contribution >= 4 is 0 Å². The van der Waals surface area contributed by atoms with Gasteiger partial charge in [0.15, 0.2) is 0 Å². The molecule has 1 aromatic carbocycles. The van der Waals surface area contributed by atoms with Gasteiger partial charge in [0.25, 0.3) is 0 Å². The van der Waals surface area contributed by atoms with Crippen LogP contribution in [0.25, 0.3) is 0 Å². The molecule has 0 saturated carbocycles. The van der Waals surface area contributed by atoms with Crippen molar-refractivity contribution in [1.82, 2.24) is 5.32 Å². The quantitative estimate of drug-likeness (QED) is 0.816. The van der Waals surface area contributed by atoms with Gasteiger partial charge in [-0.15, -0.1) is 0 Å². The first-order valence-corrected chi connectivity index (χ1v) is 7.43. The second-order valence-corrected chi connectivity index (χ2v) is 6.49. The van der Waals surface area contributed by atoms with E-state index in [-0.39, 0.29) is 0 Å². The SMILES string of the molecule is CC(C)OCCNC1c2ccccc2CCC1(C)C. The zero-order valence-electron chi connectivity index (χ0n) is 12.7. The van der Waals surface area contributed by atoms with E-state index in [1.807, 2.05) is 0 Å². The summed E-state index contributed by atoms with van der Waals surface area (Å²) in [6, 6.07) is 9.28. The Morgan fingerprint density at radius 3 is 2.79 bits per heavy atom. The molecule has 0 aliphatic heterocycles. The van der Waals surface area contributed by atoms with Crippen LogP contribution in [-0.2, 0) is 11.2 Å². The average Bonchev–Trinajstić information content (AvgIpc) is 2.36. The summed E-state index contributed by atoms with van der Waals surface area (Å²) < 4.78 is 5.63. The number of benzene rings is 1. The Kier molecular flexibility index (Phi) is 4.64. The van der Waals surface area contributed by atoms with Crippen LogP contribution in [0.4, 0.5) is 0 Å². The highest BCUT2D eigenvalue weighted by molar-refractivity contribution is 5.34. The molecule has 2 nitrogen and oxygen atoms in total. The fourth-order valence-electron chi connectivity index (χ4n) is 2.95. The minimum Gasteiger partial charge on any atom is -0.377 e. The summed E-state index contributed by atoms with van der Waals surface area (Å²) in [5.41, 5.74) is 3.29. The minimum absolute atomic E-state index is 0.312. The molecule has 0 amide bonds. The maximum absolute atomic E-state index is 5.63. The molecular weight excluding hydrogens is 234 g/mol. The summed E-state index contributed by atoms with van der Waals surface area (Å²) >= 11 is 0. The van der Waals surface area contributed by atoms with Crippen LogP contribution < -0.4 is 5.32 Å². The molecule has 19 heavy (non-hydrogen) atoms. The molecule has 1 N–H and O–H groups in total. The second-order valence-electron chi connectivity index (χ2n) is 6.49. The number of ether oxygens (including phenoxy) is 1. The fourth-order valence-corrected chi connectivity index (χ4v) is 2.95. The summed E-state index contributed by atoms with van der Waals surface area (Å²) in [6.07, 6.45) is 2.75. The standard InChI is InChI=1S/C17H27NO/c1-13(2)19-12-11-18-16-15-8-6-5-7-14(15)9-10-17(16,3)4/h5-8,13,16,18H,9-12H2,1-4H3. The number of hydrogen-bond acceptors (Lipinski definition) is 2. The van der Waals surface area contributed by atoms with Crippen LogP contribution in [0, 0.1) is 5.41 Å². The summed E-state index contributed by atoms with van der Waals surface area (Å²) in [4.78, 5) is 0. The molecule has 2 heteroatoms. The van der Waals surface area contributed by atoms with E-state index in [1.165, 1.54) is 24.0 Å². The first-order valence-electron chi connectivity index (χ1n) is 7.43. The van der Waals surface area contributed by atoms with Crippen molar-refractivity contribution in [2.24, 2.45) is 5.41 Å². The predicted molar refractivity (Wildman–Crippen MR) is 80.4 cm³/mol. The van der Waals surface area contributed by atoms with E-state index in [0.717, 1.165) is 13.2 Å². The molecule has 1 atom stereocenters. The molecule has 0 aromatic heterocycles. The van der Waals surface area contributed by atoms with Gasteiger partial charge < -0.3 is 10.1 Å². The summed E-state index contributed by atoms with van der Waals surface area (Å²) in [5.74, 6) is 0. The second kappa shape index (κ2) is 6.06. The van der Waals surface area contributed by atoms with Crippen LogP contribution >= 0.6 is 0 Å². The van der Waals surface area contributed by atoms with Crippen molar-refractivity contribution in [3.8, 4) is 0 Å². The van der Waals surface area contributed by atoms with E-state index >= 15 is 0 Å². The van der Waals surface area contributed by atoms with Crippen molar-refractivity contribution in [2.45, 2.75) is 52.7 Å². The van der Waals surface area contributed by atoms with Crippen molar-refractivity contribution < 1.29 is 4.74 Å². The maximum Gasteiger partial charge on any atom is 0.0594 e. The van der Waals surface area contributed by atoms with Crippen LogP contribution in [0.2, 0.25) is 0 Å². The zero-order chi connectivity index (χ0) is 13.9. The molecule has 0 fully saturated rings. The number of fused-ring (bicyclic) bond motifs is 1. The van der Waals surface area contributed by atoms with Gasteiger partial charge in [-0.05, 0) is 43.2 Å². The lowest BCUT2D eigenvalue weighted by Crippen LogP contribution is -2.39. The zero-order valence-corrected chi connectivity index (χ0v) is 12.7. The molecular formula is C17H27NO. The first-order chi connectivity index (χ1) is 9.00. The molecule has 0 radical (unpaired) electrons. The highest BCUT2D eigenvalue weighted by atomic mass is 16.5. The van der Waals surface area contributed by atoms with Crippen molar-refractivity contribution in [1.29, 1.82) is 0 Å². The van der Waals surface area contributed by atoms with Gasteiger partial charge in [-0.1, -0.05) is 38.1 Å². The first kappa shape index (κ1) is 14.5. The van der Waals surface area contributed by atoms with Crippen molar-refractivity contribution in [3.05, 3.63) is 35.4 Å². The van der Waals surface area contributed by atoms with Crippen LogP contribution in [-0.4, -0.2) is 19.3 Å². The third-order valence-electron chi connectivity index (χ3n) is 4.09. The van der Waals surface area contributed by atoms with Gasteiger partial charge in [0, 0.05) is 12.6 Å². The molecule has 1 aliphatic carbocycles. The van der Waals surface area contributed by atoms with E-state index < -0.39 is 0 Å². The van der Waals surface area contributed by atoms with Gasteiger partial charge >= 0.3 is 0 Å². The highest BCUT2D eigenvalue weighted by Crippen LogP contribution is 2.43. The van der Waals surface area contributed by atoms with Gasteiger partial charge in [-0.25, -0.2) is 0 Å². The average molecular weight is 261 g/mol. The topological polar surface area (TPSA) is 21.3 Å². The molecule has 0 saturated heterocycles. The number of aryl methyl sites for hydroxylation is 1. The number of nitrogens with one attached hydrogen (secondary N) is 1. The van der Waals surface area contributed by atoms with Crippen LogP contribution in [0.5, 0.6) is 0 Å². The molecule has 0 heterocycles. The number of rotatable bonds is 5. The lowest BCUT2D eigenvalue weighted by molar-refractivity contribution is 0.0744. The summed E-state index contributed by atoms with van der Waals surface area (Å²) in [7, 11) is 0. The monoisotopic (exact) mass is 261 g/mol. The Bertz CT molecular complexity index is 411. The van der Waals surface area contributed by atoms with Crippen molar-refractivity contribution in [2.75, 3.05) is 13.2 Å². The maximum atomic E-state index is 5.63. The van der Waals surface area contributed by atoms with Gasteiger partial charge in [0.1, 0.15) is 0 Å². The Balaban J connectivity index is 2.04. The van der Waals surface area contributed by atoms with E-state index in [0.29, 0.717) is 17.6 Å². The van der Waals surface area contributed by atoms with Crippen LogP contribution in [0.3, 0.4) is 0 Å². The smallest absolute Gasteiger partial charge is 0.0594 e. The van der Waals surface area contributed by atoms with Gasteiger partial charge in [0.05, 0.1) is 12.7 Å². The third-order valence-corrected chi connectivity index (χ3v) is 4.09. The molecule has 0 spiro atoms. The van der Waals surface area contributed by atoms with Gasteiger partial charge in [-0.2, -0.15) is 0 Å². The van der Waals surface area contributed by atoms with Crippen molar-refractivity contribution in [3.63, 3.8) is 0 Å². The summed E-state index contributed by atoms with van der Waals surface area (Å²) in [5, 5.41) is 3.70. The Labute approximate surface area is 117 Å². The van der Waals surface area contributed by atoms with Gasteiger partial charge in [0.2, 0.25) is 0 Å². The lowest BCUT2D eigenvalue weighted by atomic mass is 9.70. The Hall–Kier alpha value is -0.860. The Morgan fingerprint density at radius 2 is 2.05 bits per heavy atom. The van der Waals surface area contributed by atoms with E-state index in [9.17, 15) is 0 Å². The van der Waals surface area contributed by atoms with E-state index in [4.69, 9.17) is 4.74 Å². The molecule has 2 rings (SSSR count). The molecule has 1 aliphatic rings. The van der Waals surface area contributed by atoms with E-state index in [2.05, 4.69) is 57.3 Å². The van der Waals surface area contributed by atoms with E-state index in [1.54, 1.807) is 0 Å². The highest BCUT2D eigenvalue weighted by Gasteiger charge is 2.35. The molecule has 1 aromatic rings. The van der Waals surface area contributed by atoms with Crippen LogP contribution in [0.15, 0.2) is 24.3 Å². The normalized spacial score (nSPS) is 21.4. The Morgan fingerprint density at radius 1 is 1.32 bits per heavy atom. The molecule has 106 valence electrons. The predicted octanol–water partition coefficient (Wildman–Crippen LogP) is 3.71. The molecule has 1 unspecified atom stereocenters. The lowest BCUT2D eigenvalue weighted by Gasteiger charge is -2.40. The largest absolute Gasteiger partial charge is 0.377 e. The minimum atomic E-state index is 0.312. The van der Waals surface area contributed by atoms with Gasteiger partial charge in [-0.3, -0.25) is 0 Å². The fraction of sp³-hybridized carbons (Fsp3) is 0.647. The number of hydrogen-bond donors (Lipinski definition) is 1. The third kappa shape index (κ3) is 3.58.